The zero-order valence-corrected chi connectivity index (χ0v) is 19.5. The molecule has 0 saturated carbocycles. The van der Waals surface area contributed by atoms with E-state index in [1.165, 1.54) is 6.07 Å². The summed E-state index contributed by atoms with van der Waals surface area (Å²) in [5.41, 5.74) is 2.82. The lowest BCUT2D eigenvalue weighted by Gasteiger charge is -2.26. The molecule has 0 amide bonds. The zero-order chi connectivity index (χ0) is 20.0. The van der Waals surface area contributed by atoms with Crippen molar-refractivity contribution >= 4 is 41.0 Å². The van der Waals surface area contributed by atoms with Crippen LogP contribution in [0.25, 0.3) is 11.0 Å². The van der Waals surface area contributed by atoms with Crippen LogP contribution < -0.4 is 10.6 Å². The van der Waals surface area contributed by atoms with Gasteiger partial charge in [-0.3, -0.25) is 4.99 Å². The number of guanidine groups is 1. The Bertz CT molecular complexity index is 918. The Kier molecular flexibility index (Phi) is 8.43. The Morgan fingerprint density at radius 2 is 1.93 bits per heavy atom. The molecule has 5 nitrogen and oxygen atoms in total. The maximum atomic E-state index is 13.5. The molecule has 0 aliphatic carbocycles. The molecule has 0 aliphatic rings. The molecule has 1 heterocycles. The van der Waals surface area contributed by atoms with E-state index in [0.717, 1.165) is 47.8 Å². The molecule has 0 atom stereocenters. The van der Waals surface area contributed by atoms with Gasteiger partial charge >= 0.3 is 0 Å². The van der Waals surface area contributed by atoms with Crippen LogP contribution in [-0.2, 0) is 11.8 Å². The maximum Gasteiger partial charge on any atom is 0.191 e. The van der Waals surface area contributed by atoms with Gasteiger partial charge in [-0.2, -0.15) is 0 Å². The number of rotatable bonds is 7. The van der Waals surface area contributed by atoms with Crippen molar-refractivity contribution in [3.8, 4) is 0 Å². The van der Waals surface area contributed by atoms with Crippen molar-refractivity contribution in [3.63, 3.8) is 0 Å². The van der Waals surface area contributed by atoms with E-state index in [4.69, 9.17) is 0 Å². The molecule has 2 aromatic carbocycles. The molecule has 3 aromatic rings. The van der Waals surface area contributed by atoms with Crippen molar-refractivity contribution in [1.29, 1.82) is 0 Å². The molecule has 29 heavy (non-hydrogen) atoms. The molecule has 0 spiro atoms. The molecule has 3 rings (SSSR count). The first kappa shape index (κ1) is 23.1. The van der Waals surface area contributed by atoms with Crippen LogP contribution in [0.2, 0.25) is 0 Å². The molecular weight excluding hydrogens is 480 g/mol. The van der Waals surface area contributed by atoms with Crippen LogP contribution >= 0.6 is 24.0 Å². The molecule has 0 unspecified atom stereocenters. The second-order valence-corrected chi connectivity index (χ2v) is 7.55. The fourth-order valence-electron chi connectivity index (χ4n) is 3.12. The van der Waals surface area contributed by atoms with E-state index in [2.05, 4.69) is 39.4 Å². The Morgan fingerprint density at radius 3 is 2.66 bits per heavy atom. The second-order valence-electron chi connectivity index (χ2n) is 7.55. The first-order valence-corrected chi connectivity index (χ1v) is 9.62. The average molecular weight is 509 g/mol. The maximum absolute atomic E-state index is 13.5. The summed E-state index contributed by atoms with van der Waals surface area (Å²) in [6, 6.07) is 14.8. The van der Waals surface area contributed by atoms with Crippen molar-refractivity contribution in [2.75, 3.05) is 20.1 Å². The fraction of sp³-hybridized carbons (Fsp3) is 0.364. The van der Waals surface area contributed by atoms with Gasteiger partial charge in [-0.15, -0.1) is 24.0 Å². The van der Waals surface area contributed by atoms with E-state index in [1.807, 2.05) is 30.3 Å². The van der Waals surface area contributed by atoms with Crippen LogP contribution in [0, 0.1) is 5.82 Å². The molecule has 3 N–H and O–H groups in total. The van der Waals surface area contributed by atoms with Crippen molar-refractivity contribution < 1.29 is 4.39 Å². The summed E-state index contributed by atoms with van der Waals surface area (Å²) in [6.45, 7) is 5.62. The average Bonchev–Trinajstić information content (AvgIpc) is 3.10. The summed E-state index contributed by atoms with van der Waals surface area (Å²) in [6.07, 6.45) is 1.81. The fourth-order valence-corrected chi connectivity index (χ4v) is 3.12. The summed E-state index contributed by atoms with van der Waals surface area (Å²) < 4.78 is 13.5. The lowest BCUT2D eigenvalue weighted by Crippen LogP contribution is -2.43. The third-order valence-corrected chi connectivity index (χ3v) is 4.85. The number of aromatic amines is 1. The summed E-state index contributed by atoms with van der Waals surface area (Å²) in [7, 11) is 1.75. The lowest BCUT2D eigenvalue weighted by molar-refractivity contribution is 0.503. The van der Waals surface area contributed by atoms with Crippen LogP contribution in [0.1, 0.15) is 31.7 Å². The van der Waals surface area contributed by atoms with Crippen LogP contribution in [0.5, 0.6) is 0 Å². The molecule has 0 aliphatic heterocycles. The minimum Gasteiger partial charge on any atom is -0.356 e. The summed E-state index contributed by atoms with van der Waals surface area (Å²) >= 11 is 0. The van der Waals surface area contributed by atoms with E-state index in [9.17, 15) is 4.39 Å². The number of halogens is 2. The Labute approximate surface area is 188 Å². The van der Waals surface area contributed by atoms with Gasteiger partial charge in [0.05, 0.1) is 11.0 Å². The molecular formula is C22H29FIN5. The third-order valence-electron chi connectivity index (χ3n) is 4.85. The number of para-hydroxylation sites is 2. The van der Waals surface area contributed by atoms with Crippen LogP contribution in [0.3, 0.4) is 0 Å². The lowest BCUT2D eigenvalue weighted by atomic mass is 9.84. The van der Waals surface area contributed by atoms with E-state index in [0.29, 0.717) is 6.54 Å². The van der Waals surface area contributed by atoms with Crippen molar-refractivity contribution in [3.05, 3.63) is 65.7 Å². The number of aryl methyl sites for hydroxylation is 1. The smallest absolute Gasteiger partial charge is 0.191 e. The number of imidazole rings is 1. The monoisotopic (exact) mass is 509 g/mol. The molecule has 156 valence electrons. The minimum absolute atomic E-state index is 0. The van der Waals surface area contributed by atoms with Gasteiger partial charge in [0.15, 0.2) is 5.96 Å². The highest BCUT2D eigenvalue weighted by atomic mass is 127. The molecule has 7 heteroatoms. The largest absolute Gasteiger partial charge is 0.356 e. The molecule has 0 fully saturated rings. The highest BCUT2D eigenvalue weighted by Crippen LogP contribution is 2.22. The van der Waals surface area contributed by atoms with Gasteiger partial charge in [0.1, 0.15) is 11.6 Å². The minimum atomic E-state index is -0.214. The van der Waals surface area contributed by atoms with Crippen LogP contribution in [0.4, 0.5) is 4.39 Å². The van der Waals surface area contributed by atoms with E-state index < -0.39 is 0 Å². The number of hydrogen-bond acceptors (Lipinski definition) is 2. The van der Waals surface area contributed by atoms with Crippen molar-refractivity contribution in [1.82, 2.24) is 20.6 Å². The van der Waals surface area contributed by atoms with Gasteiger partial charge in [-0.25, -0.2) is 9.37 Å². The van der Waals surface area contributed by atoms with Gasteiger partial charge in [-0.1, -0.05) is 38.1 Å². The van der Waals surface area contributed by atoms with Gasteiger partial charge in [0.2, 0.25) is 0 Å². The number of hydrogen-bond donors (Lipinski definition) is 3. The summed E-state index contributed by atoms with van der Waals surface area (Å²) in [4.78, 5) is 12.2. The van der Waals surface area contributed by atoms with Gasteiger partial charge in [0, 0.05) is 32.0 Å². The van der Waals surface area contributed by atoms with Crippen LogP contribution in [-0.4, -0.2) is 36.1 Å². The van der Waals surface area contributed by atoms with Gasteiger partial charge in [-0.05, 0) is 36.2 Å². The number of aromatic nitrogens is 2. The Hall–Kier alpha value is -2.16. The molecule has 0 bridgehead atoms. The quantitative estimate of drug-likeness (QED) is 0.192. The highest BCUT2D eigenvalue weighted by molar-refractivity contribution is 14.0. The van der Waals surface area contributed by atoms with E-state index >= 15 is 0 Å². The first-order chi connectivity index (χ1) is 13.5. The predicted octanol–water partition coefficient (Wildman–Crippen LogP) is 4.40. The summed E-state index contributed by atoms with van der Waals surface area (Å²) in [5.74, 6) is 1.53. The van der Waals surface area contributed by atoms with Gasteiger partial charge < -0.3 is 15.6 Å². The number of nitrogens with zero attached hydrogens (tertiary/aromatic N) is 2. The SMILES string of the molecule is CN=C(NCCCc1nc2ccccc2[nH]1)NCC(C)(C)c1cccc(F)c1.I. The van der Waals surface area contributed by atoms with E-state index in [1.54, 1.807) is 19.2 Å². The number of benzene rings is 2. The second kappa shape index (κ2) is 10.6. The number of fused-ring (bicyclic) bond motifs is 1. The zero-order valence-electron chi connectivity index (χ0n) is 17.1. The standard InChI is InChI=1S/C22H28FN5.HI/c1-22(2,16-8-6-9-17(23)14-16)15-26-21(24-3)25-13-7-12-20-27-18-10-4-5-11-19(18)28-20;/h4-6,8-11,14H,7,12-13,15H2,1-3H3,(H,27,28)(H2,24,25,26);1H. The van der Waals surface area contributed by atoms with E-state index in [-0.39, 0.29) is 35.2 Å². The summed E-state index contributed by atoms with van der Waals surface area (Å²) in [5, 5.41) is 6.67. The van der Waals surface area contributed by atoms with Gasteiger partial charge in [0.25, 0.3) is 0 Å². The van der Waals surface area contributed by atoms with Crippen molar-refractivity contribution in [2.45, 2.75) is 32.1 Å². The predicted molar refractivity (Wildman–Crippen MR) is 129 cm³/mol. The first-order valence-electron chi connectivity index (χ1n) is 9.62. The number of aliphatic imine (C=N–C) groups is 1. The molecule has 0 saturated heterocycles. The Balaban J connectivity index is 0.00000300. The highest BCUT2D eigenvalue weighted by Gasteiger charge is 2.21. The Morgan fingerprint density at radius 1 is 1.14 bits per heavy atom. The number of nitrogens with one attached hydrogen (secondary N) is 3. The molecule has 1 aromatic heterocycles. The topological polar surface area (TPSA) is 65.1 Å². The third kappa shape index (κ3) is 6.42. The van der Waals surface area contributed by atoms with Crippen LogP contribution in [0.15, 0.2) is 53.5 Å². The number of H-pyrrole nitrogens is 1. The molecule has 0 radical (unpaired) electrons. The van der Waals surface area contributed by atoms with Crippen molar-refractivity contribution in [2.24, 2.45) is 4.99 Å². The normalized spacial score (nSPS) is 11.9.